The molecule has 1 heterocycles. The smallest absolute Gasteiger partial charge is 0.257 e. The summed E-state index contributed by atoms with van der Waals surface area (Å²) >= 11 is 0. The van der Waals surface area contributed by atoms with Gasteiger partial charge < -0.3 is 10.6 Å². The van der Waals surface area contributed by atoms with Gasteiger partial charge in [-0.15, -0.1) is 0 Å². The monoisotopic (exact) mass is 254 g/mol. The largest absolute Gasteiger partial charge is 0.334 e. The van der Waals surface area contributed by atoms with Gasteiger partial charge in [0, 0.05) is 25.2 Å². The van der Waals surface area contributed by atoms with Crippen molar-refractivity contribution in [2.24, 2.45) is 5.73 Å². The number of carbonyl (C=O) groups excluding carboxylic acids is 1. The van der Waals surface area contributed by atoms with E-state index in [-0.39, 0.29) is 17.2 Å². The number of likely N-dealkylation sites (tertiary alicyclic amines) is 1. The molecule has 3 nitrogen and oxygen atoms in total. The minimum Gasteiger partial charge on any atom is -0.334 e. The van der Waals surface area contributed by atoms with Crippen LogP contribution in [0, 0.1) is 18.6 Å². The highest BCUT2D eigenvalue weighted by Crippen LogP contribution is 2.22. The van der Waals surface area contributed by atoms with Crippen LogP contribution in [0.3, 0.4) is 0 Å². The molecule has 1 aromatic rings. The zero-order chi connectivity index (χ0) is 13.3. The molecule has 0 aromatic heterocycles. The summed E-state index contributed by atoms with van der Waals surface area (Å²) in [5.74, 6) is -1.85. The van der Waals surface area contributed by atoms with Crippen LogP contribution >= 0.6 is 0 Å². The molecular formula is C13H16F2N2O. The third-order valence-corrected chi connectivity index (χ3v) is 3.39. The third-order valence-electron chi connectivity index (χ3n) is 3.39. The Labute approximate surface area is 105 Å². The summed E-state index contributed by atoms with van der Waals surface area (Å²) in [7, 11) is 0. The van der Waals surface area contributed by atoms with Gasteiger partial charge in [0.1, 0.15) is 11.6 Å². The normalized spacial score (nSPS) is 19.3. The maximum Gasteiger partial charge on any atom is 0.257 e. The van der Waals surface area contributed by atoms with Crippen LogP contribution in [0.1, 0.15) is 28.8 Å². The molecule has 1 aliphatic rings. The molecule has 98 valence electrons. The zero-order valence-electron chi connectivity index (χ0n) is 10.2. The number of aryl methyl sites for hydroxylation is 1. The molecule has 1 amide bonds. The molecule has 0 spiro atoms. The van der Waals surface area contributed by atoms with Gasteiger partial charge in [0.15, 0.2) is 0 Å². The summed E-state index contributed by atoms with van der Waals surface area (Å²) < 4.78 is 26.8. The number of amides is 1. The van der Waals surface area contributed by atoms with Gasteiger partial charge in [-0.2, -0.15) is 0 Å². The first-order chi connectivity index (χ1) is 8.54. The minimum atomic E-state index is -0.814. The van der Waals surface area contributed by atoms with Crippen LogP contribution < -0.4 is 5.73 Å². The number of nitrogens with two attached hydrogens (primary N) is 1. The molecule has 0 bridgehead atoms. The summed E-state index contributed by atoms with van der Waals surface area (Å²) in [6, 6.07) is 1.98. The van der Waals surface area contributed by atoms with Gasteiger partial charge >= 0.3 is 0 Å². The van der Waals surface area contributed by atoms with Gasteiger partial charge in [0.25, 0.3) is 5.91 Å². The Morgan fingerprint density at radius 2 is 2.17 bits per heavy atom. The number of carbonyl (C=O) groups is 1. The van der Waals surface area contributed by atoms with Crippen LogP contribution in [-0.4, -0.2) is 29.9 Å². The second-order valence-corrected chi connectivity index (χ2v) is 4.61. The molecule has 2 N–H and O–H groups in total. The molecule has 18 heavy (non-hydrogen) atoms. The molecule has 2 rings (SSSR count). The van der Waals surface area contributed by atoms with Crippen LogP contribution in [0.25, 0.3) is 0 Å². The lowest BCUT2D eigenvalue weighted by atomic mass is 10.1. The molecule has 1 fully saturated rings. The summed E-state index contributed by atoms with van der Waals surface area (Å²) in [5, 5.41) is 0. The van der Waals surface area contributed by atoms with Crippen molar-refractivity contribution in [2.75, 3.05) is 13.1 Å². The van der Waals surface area contributed by atoms with Crippen molar-refractivity contribution in [1.29, 1.82) is 0 Å². The molecular weight excluding hydrogens is 238 g/mol. The van der Waals surface area contributed by atoms with Gasteiger partial charge in [-0.3, -0.25) is 4.79 Å². The van der Waals surface area contributed by atoms with E-state index in [9.17, 15) is 13.6 Å². The number of rotatable bonds is 2. The van der Waals surface area contributed by atoms with Gasteiger partial charge in [-0.25, -0.2) is 8.78 Å². The highest BCUT2D eigenvalue weighted by Gasteiger charge is 2.30. The van der Waals surface area contributed by atoms with Crippen molar-refractivity contribution in [1.82, 2.24) is 4.90 Å². The maximum absolute atomic E-state index is 13.6. The molecule has 0 aliphatic carbocycles. The zero-order valence-corrected chi connectivity index (χ0v) is 10.2. The standard InChI is InChI=1S/C13H16F2N2O/c1-8-5-10(12(15)6-11(8)14)13(18)17-4-2-3-9(17)7-16/h5-6,9H,2-4,7,16H2,1H3. The fraction of sp³-hybridized carbons (Fsp3) is 0.462. The van der Waals surface area contributed by atoms with E-state index in [2.05, 4.69) is 0 Å². The first kappa shape index (κ1) is 13.0. The van der Waals surface area contributed by atoms with Crippen molar-refractivity contribution < 1.29 is 13.6 Å². The van der Waals surface area contributed by atoms with E-state index in [0.717, 1.165) is 18.9 Å². The van der Waals surface area contributed by atoms with E-state index in [1.807, 2.05) is 0 Å². The fourth-order valence-electron chi connectivity index (χ4n) is 2.32. The van der Waals surface area contributed by atoms with E-state index >= 15 is 0 Å². The quantitative estimate of drug-likeness (QED) is 0.875. The molecule has 5 heteroatoms. The number of benzene rings is 1. The van der Waals surface area contributed by atoms with Crippen molar-refractivity contribution in [3.05, 3.63) is 34.9 Å². The van der Waals surface area contributed by atoms with Crippen molar-refractivity contribution in [3.63, 3.8) is 0 Å². The topological polar surface area (TPSA) is 46.3 Å². The SMILES string of the molecule is Cc1cc(C(=O)N2CCCC2CN)c(F)cc1F. The fourth-order valence-corrected chi connectivity index (χ4v) is 2.32. The number of hydrogen-bond acceptors (Lipinski definition) is 2. The molecule has 1 unspecified atom stereocenters. The maximum atomic E-state index is 13.6. The minimum absolute atomic E-state index is 0.0396. The summed E-state index contributed by atoms with van der Waals surface area (Å²) in [6.45, 7) is 2.46. The predicted octanol–water partition coefficient (Wildman–Crippen LogP) is 1.84. The molecule has 1 aliphatic heterocycles. The molecule has 0 saturated carbocycles. The van der Waals surface area contributed by atoms with Crippen molar-refractivity contribution in [2.45, 2.75) is 25.8 Å². The highest BCUT2D eigenvalue weighted by atomic mass is 19.1. The Hall–Kier alpha value is -1.49. The highest BCUT2D eigenvalue weighted by molar-refractivity contribution is 5.95. The number of hydrogen-bond donors (Lipinski definition) is 1. The molecule has 1 aromatic carbocycles. The molecule has 1 atom stereocenters. The van der Waals surface area contributed by atoms with Crippen molar-refractivity contribution >= 4 is 5.91 Å². The summed E-state index contributed by atoms with van der Waals surface area (Å²) in [5.41, 5.74) is 5.78. The first-order valence-corrected chi connectivity index (χ1v) is 6.01. The van der Waals surface area contributed by atoms with Crippen LogP contribution in [0.4, 0.5) is 8.78 Å². The van der Waals surface area contributed by atoms with Crippen LogP contribution in [0.5, 0.6) is 0 Å². The molecule has 1 saturated heterocycles. The summed E-state index contributed by atoms with van der Waals surface area (Å²) in [6.07, 6.45) is 1.71. The number of halogens is 2. The Morgan fingerprint density at radius 3 is 2.83 bits per heavy atom. The van der Waals surface area contributed by atoms with Gasteiger partial charge in [0.2, 0.25) is 0 Å². The Kier molecular flexibility index (Phi) is 3.61. The van der Waals surface area contributed by atoms with Crippen LogP contribution in [-0.2, 0) is 0 Å². The first-order valence-electron chi connectivity index (χ1n) is 6.01. The Morgan fingerprint density at radius 1 is 1.44 bits per heavy atom. The lowest BCUT2D eigenvalue weighted by Crippen LogP contribution is -2.40. The van der Waals surface area contributed by atoms with Crippen molar-refractivity contribution in [3.8, 4) is 0 Å². The average Bonchev–Trinajstić information content (AvgIpc) is 2.81. The van der Waals surface area contributed by atoms with E-state index in [0.29, 0.717) is 13.1 Å². The van der Waals surface area contributed by atoms with E-state index in [4.69, 9.17) is 5.73 Å². The third kappa shape index (κ3) is 2.22. The summed E-state index contributed by atoms with van der Waals surface area (Å²) in [4.78, 5) is 13.8. The van der Waals surface area contributed by atoms with Gasteiger partial charge in [-0.05, 0) is 31.4 Å². The van der Waals surface area contributed by atoms with E-state index in [1.54, 1.807) is 4.90 Å². The second-order valence-electron chi connectivity index (χ2n) is 4.61. The van der Waals surface area contributed by atoms with Crippen LogP contribution in [0.2, 0.25) is 0 Å². The Bertz CT molecular complexity index is 476. The Balaban J connectivity index is 2.31. The molecule has 0 radical (unpaired) electrons. The van der Waals surface area contributed by atoms with Crippen LogP contribution in [0.15, 0.2) is 12.1 Å². The predicted molar refractivity (Wildman–Crippen MR) is 64.2 cm³/mol. The van der Waals surface area contributed by atoms with E-state index < -0.39 is 17.5 Å². The second kappa shape index (κ2) is 5.02. The van der Waals surface area contributed by atoms with Gasteiger partial charge in [-0.1, -0.05) is 0 Å². The lowest BCUT2D eigenvalue weighted by molar-refractivity contribution is 0.0736. The average molecular weight is 254 g/mol. The number of nitrogens with zero attached hydrogens (tertiary/aromatic N) is 1. The van der Waals surface area contributed by atoms with E-state index in [1.165, 1.54) is 13.0 Å². The van der Waals surface area contributed by atoms with Gasteiger partial charge in [0.05, 0.1) is 5.56 Å². The lowest BCUT2D eigenvalue weighted by Gasteiger charge is -2.23.